The zero-order valence-electron chi connectivity index (χ0n) is 17.0. The highest BCUT2D eigenvalue weighted by Gasteiger charge is 2.49. The second-order valence-electron chi connectivity index (χ2n) is 7.89. The number of halogens is 2. The summed E-state index contributed by atoms with van der Waals surface area (Å²) in [6.07, 6.45) is 1.77. The molecule has 2 N–H and O–H groups in total. The molecule has 0 aromatic heterocycles. The van der Waals surface area contributed by atoms with Crippen LogP contribution >= 0.6 is 11.6 Å². The molecule has 0 spiro atoms. The van der Waals surface area contributed by atoms with Crippen molar-refractivity contribution < 1.29 is 23.8 Å². The van der Waals surface area contributed by atoms with Crippen molar-refractivity contribution in [2.24, 2.45) is 5.92 Å². The second kappa shape index (κ2) is 7.93. The highest BCUT2D eigenvalue weighted by atomic mass is 35.5. The van der Waals surface area contributed by atoms with Gasteiger partial charge in [-0.1, -0.05) is 30.7 Å². The van der Waals surface area contributed by atoms with E-state index in [4.69, 9.17) is 21.1 Å². The molecule has 160 valence electrons. The largest absolute Gasteiger partial charge is 0.385 e. The van der Waals surface area contributed by atoms with Crippen LogP contribution in [-0.4, -0.2) is 31.3 Å². The van der Waals surface area contributed by atoms with Crippen LogP contribution in [0.25, 0.3) is 0 Å². The van der Waals surface area contributed by atoms with Gasteiger partial charge in [0.15, 0.2) is 5.72 Å². The number of nitrogens with one attached hydrogen (secondary N) is 1. The standard InChI is InChI=1S/C23H25ClFNO4/c1-3-22(28,14-8-10-30-11-9-14)16-12-18-20(19(25)13-16)23(29-2,26-21(18)27)15-4-6-17(24)7-5-15/h4-7,12-14,28H,3,8-11H2,1-2H3,(H,26,27)/t22?,23-/m1/s1. The molecule has 2 heterocycles. The number of methoxy groups -OCH3 is 1. The van der Waals surface area contributed by atoms with Crippen LogP contribution in [0.4, 0.5) is 4.39 Å². The van der Waals surface area contributed by atoms with E-state index >= 15 is 4.39 Å². The maximum Gasteiger partial charge on any atom is 0.254 e. The average Bonchev–Trinajstić information content (AvgIpc) is 3.07. The van der Waals surface area contributed by atoms with Crippen molar-refractivity contribution in [2.45, 2.75) is 37.5 Å². The molecule has 1 fully saturated rings. The molecule has 1 saturated heterocycles. The molecule has 2 aromatic rings. The van der Waals surface area contributed by atoms with E-state index in [1.807, 2.05) is 6.92 Å². The Morgan fingerprint density at radius 3 is 2.57 bits per heavy atom. The number of amides is 1. The van der Waals surface area contributed by atoms with E-state index in [1.54, 1.807) is 30.3 Å². The van der Waals surface area contributed by atoms with Crippen LogP contribution in [-0.2, 0) is 20.8 Å². The first kappa shape index (κ1) is 21.2. The maximum absolute atomic E-state index is 15.6. The van der Waals surface area contributed by atoms with E-state index in [0.29, 0.717) is 48.6 Å². The Morgan fingerprint density at radius 1 is 1.30 bits per heavy atom. The summed E-state index contributed by atoms with van der Waals surface area (Å²) < 4.78 is 26.7. The van der Waals surface area contributed by atoms with Crippen molar-refractivity contribution in [1.82, 2.24) is 5.32 Å². The van der Waals surface area contributed by atoms with Gasteiger partial charge in [-0.3, -0.25) is 4.79 Å². The lowest BCUT2D eigenvalue weighted by Gasteiger charge is -2.38. The van der Waals surface area contributed by atoms with Crippen LogP contribution in [0.5, 0.6) is 0 Å². The van der Waals surface area contributed by atoms with Crippen LogP contribution in [0.3, 0.4) is 0 Å². The minimum atomic E-state index is -1.46. The Kier molecular flexibility index (Phi) is 5.62. The number of fused-ring (bicyclic) bond motifs is 1. The third-order valence-corrected chi connectivity index (χ3v) is 6.72. The fourth-order valence-electron chi connectivity index (χ4n) is 4.76. The van der Waals surface area contributed by atoms with Crippen molar-refractivity contribution in [3.63, 3.8) is 0 Å². The third-order valence-electron chi connectivity index (χ3n) is 6.47. The second-order valence-corrected chi connectivity index (χ2v) is 8.33. The molecular weight excluding hydrogens is 409 g/mol. The van der Waals surface area contributed by atoms with E-state index < -0.39 is 23.1 Å². The van der Waals surface area contributed by atoms with E-state index in [-0.39, 0.29) is 17.0 Å². The molecule has 2 aromatic carbocycles. The first-order valence-corrected chi connectivity index (χ1v) is 10.5. The topological polar surface area (TPSA) is 67.8 Å². The number of carbonyl (C=O) groups is 1. The van der Waals surface area contributed by atoms with Gasteiger partial charge in [-0.15, -0.1) is 0 Å². The number of ether oxygens (including phenoxy) is 2. The number of hydrogen-bond donors (Lipinski definition) is 2. The van der Waals surface area contributed by atoms with Crippen molar-refractivity contribution in [1.29, 1.82) is 0 Å². The van der Waals surface area contributed by atoms with Gasteiger partial charge in [0.05, 0.1) is 16.7 Å². The smallest absolute Gasteiger partial charge is 0.254 e. The molecule has 5 nitrogen and oxygen atoms in total. The summed E-state index contributed by atoms with van der Waals surface area (Å²) in [7, 11) is 1.42. The molecule has 7 heteroatoms. The summed E-state index contributed by atoms with van der Waals surface area (Å²) >= 11 is 5.99. The van der Waals surface area contributed by atoms with Gasteiger partial charge in [0, 0.05) is 30.9 Å². The highest BCUT2D eigenvalue weighted by Crippen LogP contribution is 2.44. The number of aliphatic hydroxyl groups is 1. The summed E-state index contributed by atoms with van der Waals surface area (Å²) in [6, 6.07) is 9.65. The first-order chi connectivity index (χ1) is 14.4. The highest BCUT2D eigenvalue weighted by molar-refractivity contribution is 6.30. The zero-order valence-corrected chi connectivity index (χ0v) is 17.8. The molecule has 2 aliphatic rings. The molecule has 4 rings (SSSR count). The zero-order chi connectivity index (χ0) is 21.5. The van der Waals surface area contributed by atoms with Crippen LogP contribution in [0.15, 0.2) is 36.4 Å². The Balaban J connectivity index is 1.84. The van der Waals surface area contributed by atoms with Gasteiger partial charge in [-0.2, -0.15) is 0 Å². The predicted molar refractivity (Wildman–Crippen MR) is 111 cm³/mol. The molecule has 0 aliphatic carbocycles. The number of rotatable bonds is 5. The monoisotopic (exact) mass is 433 g/mol. The molecule has 1 amide bonds. The maximum atomic E-state index is 15.6. The molecule has 2 atom stereocenters. The van der Waals surface area contributed by atoms with Crippen molar-refractivity contribution in [3.05, 3.63) is 69.5 Å². The number of benzene rings is 2. The molecule has 0 radical (unpaired) electrons. The van der Waals surface area contributed by atoms with Gasteiger partial charge < -0.3 is 19.9 Å². The van der Waals surface area contributed by atoms with Gasteiger partial charge in [0.25, 0.3) is 5.91 Å². The first-order valence-electron chi connectivity index (χ1n) is 10.1. The van der Waals surface area contributed by atoms with Gasteiger partial charge in [-0.25, -0.2) is 4.39 Å². The van der Waals surface area contributed by atoms with Gasteiger partial charge >= 0.3 is 0 Å². The van der Waals surface area contributed by atoms with Crippen LogP contribution in [0, 0.1) is 11.7 Å². The Morgan fingerprint density at radius 2 is 1.97 bits per heavy atom. The third kappa shape index (κ3) is 3.23. The van der Waals surface area contributed by atoms with Gasteiger partial charge in [-0.05, 0) is 55.0 Å². The van der Waals surface area contributed by atoms with Crippen LogP contribution in [0.2, 0.25) is 5.02 Å². The van der Waals surface area contributed by atoms with E-state index in [9.17, 15) is 9.90 Å². The van der Waals surface area contributed by atoms with Gasteiger partial charge in [0.1, 0.15) is 5.82 Å². The predicted octanol–water partition coefficient (Wildman–Crippen LogP) is 4.09. The Labute approximate surface area is 180 Å². The molecule has 0 bridgehead atoms. The average molecular weight is 434 g/mol. The lowest BCUT2D eigenvalue weighted by atomic mass is 9.74. The normalized spacial score (nSPS) is 23.7. The van der Waals surface area contributed by atoms with Gasteiger partial charge in [0.2, 0.25) is 0 Å². The minimum absolute atomic E-state index is 0.0680. The van der Waals surface area contributed by atoms with E-state index in [1.165, 1.54) is 13.2 Å². The number of carbonyl (C=O) groups excluding carboxylic acids is 1. The fraction of sp³-hybridized carbons (Fsp3) is 0.435. The summed E-state index contributed by atoms with van der Waals surface area (Å²) in [5, 5.41) is 14.8. The summed E-state index contributed by atoms with van der Waals surface area (Å²) in [5.74, 6) is -1.12. The van der Waals surface area contributed by atoms with E-state index in [0.717, 1.165) is 0 Å². The quantitative estimate of drug-likeness (QED) is 0.745. The molecule has 2 aliphatic heterocycles. The fourth-order valence-corrected chi connectivity index (χ4v) is 4.88. The summed E-state index contributed by atoms with van der Waals surface area (Å²) in [5.41, 5.74) is -1.44. The number of hydrogen-bond acceptors (Lipinski definition) is 4. The van der Waals surface area contributed by atoms with E-state index in [2.05, 4.69) is 5.32 Å². The van der Waals surface area contributed by atoms with Crippen molar-refractivity contribution in [3.8, 4) is 0 Å². The van der Waals surface area contributed by atoms with Crippen LogP contribution in [0.1, 0.15) is 53.2 Å². The molecular formula is C23H25ClFNO4. The lowest BCUT2D eigenvalue weighted by molar-refractivity contribution is -0.0733. The molecule has 0 saturated carbocycles. The van der Waals surface area contributed by atoms with Crippen molar-refractivity contribution in [2.75, 3.05) is 20.3 Å². The summed E-state index contributed by atoms with van der Waals surface area (Å²) in [6.45, 7) is 2.99. The Hall–Kier alpha value is -1.99. The van der Waals surface area contributed by atoms with Crippen LogP contribution < -0.4 is 5.32 Å². The minimum Gasteiger partial charge on any atom is -0.385 e. The molecule has 30 heavy (non-hydrogen) atoms. The summed E-state index contributed by atoms with van der Waals surface area (Å²) in [4.78, 5) is 12.9. The van der Waals surface area contributed by atoms with Crippen molar-refractivity contribution >= 4 is 17.5 Å². The Bertz CT molecular complexity index is 960. The SMILES string of the molecule is CCC(O)(c1cc(F)c2c(c1)C(=O)N[C@@]2(OC)c1ccc(Cl)cc1)C1CCOCC1. The lowest BCUT2D eigenvalue weighted by Crippen LogP contribution is -2.42. The molecule has 1 unspecified atom stereocenters.